The molecule has 2 atom stereocenters. The number of carboxylic acid groups (broad SMARTS) is 1. The van der Waals surface area contributed by atoms with E-state index >= 15 is 0 Å². The first-order valence-corrected chi connectivity index (χ1v) is 7.78. The lowest BCUT2D eigenvalue weighted by molar-refractivity contribution is -0.152. The molecule has 0 aromatic carbocycles. The molecule has 0 aliphatic carbocycles. The fraction of sp³-hybridized carbons (Fsp3) is 0.867. The van der Waals surface area contributed by atoms with Crippen molar-refractivity contribution < 1.29 is 19.4 Å². The first kappa shape index (κ1) is 16.1. The standard InChI is InChI=1S/C15H26N2O4/c1-4-15(13(18)19)6-8-17(9-7-15)14(20)16(3)12-5-10-21-11(12)2/h11-12H,4-10H2,1-3H3,(H,18,19). The highest BCUT2D eigenvalue weighted by molar-refractivity contribution is 5.77. The monoisotopic (exact) mass is 298 g/mol. The van der Waals surface area contributed by atoms with Gasteiger partial charge in [0.2, 0.25) is 0 Å². The van der Waals surface area contributed by atoms with Gasteiger partial charge < -0.3 is 19.6 Å². The van der Waals surface area contributed by atoms with E-state index in [4.69, 9.17) is 4.74 Å². The van der Waals surface area contributed by atoms with Crippen LogP contribution in [0.2, 0.25) is 0 Å². The number of rotatable bonds is 3. The zero-order chi connectivity index (χ0) is 15.6. The molecule has 1 N–H and O–H groups in total. The average Bonchev–Trinajstić information content (AvgIpc) is 2.91. The van der Waals surface area contributed by atoms with Crippen LogP contribution in [0.5, 0.6) is 0 Å². The molecule has 2 fully saturated rings. The number of hydrogen-bond acceptors (Lipinski definition) is 3. The van der Waals surface area contributed by atoms with Gasteiger partial charge in [0.25, 0.3) is 0 Å². The van der Waals surface area contributed by atoms with E-state index in [1.807, 2.05) is 20.9 Å². The van der Waals surface area contributed by atoms with Gasteiger partial charge in [0.05, 0.1) is 17.6 Å². The highest BCUT2D eigenvalue weighted by atomic mass is 16.5. The minimum absolute atomic E-state index is 0.00700. The highest BCUT2D eigenvalue weighted by Gasteiger charge is 2.42. The molecule has 0 radical (unpaired) electrons. The SMILES string of the molecule is CCC1(C(=O)O)CCN(C(=O)N(C)C2CCOC2C)CC1. The van der Waals surface area contributed by atoms with Crippen LogP contribution in [0.4, 0.5) is 4.79 Å². The molecule has 120 valence electrons. The lowest BCUT2D eigenvalue weighted by Gasteiger charge is -2.40. The molecular formula is C15H26N2O4. The number of hydrogen-bond donors (Lipinski definition) is 1. The predicted octanol–water partition coefficient (Wildman–Crippen LogP) is 1.79. The summed E-state index contributed by atoms with van der Waals surface area (Å²) in [5.74, 6) is -0.733. The van der Waals surface area contributed by atoms with Crippen molar-refractivity contribution in [2.45, 2.75) is 51.7 Å². The molecule has 6 heteroatoms. The number of carbonyl (C=O) groups excluding carboxylic acids is 1. The molecule has 2 heterocycles. The first-order valence-electron chi connectivity index (χ1n) is 7.78. The molecule has 6 nitrogen and oxygen atoms in total. The molecule has 0 saturated carbocycles. The van der Waals surface area contributed by atoms with E-state index in [1.54, 1.807) is 9.80 Å². The van der Waals surface area contributed by atoms with Crippen LogP contribution in [0.25, 0.3) is 0 Å². The number of amides is 2. The maximum atomic E-state index is 12.5. The quantitative estimate of drug-likeness (QED) is 0.862. The maximum Gasteiger partial charge on any atom is 0.320 e. The van der Waals surface area contributed by atoms with Crippen LogP contribution in [0.1, 0.15) is 39.5 Å². The summed E-state index contributed by atoms with van der Waals surface area (Å²) in [6, 6.07) is 0.113. The minimum Gasteiger partial charge on any atom is -0.481 e. The molecule has 0 aromatic rings. The number of carbonyl (C=O) groups is 2. The summed E-state index contributed by atoms with van der Waals surface area (Å²) in [6.45, 7) is 5.64. The highest BCUT2D eigenvalue weighted by Crippen LogP contribution is 2.35. The summed E-state index contributed by atoms with van der Waals surface area (Å²) in [5.41, 5.74) is -0.654. The Kier molecular flexibility index (Phi) is 4.76. The van der Waals surface area contributed by atoms with Crippen LogP contribution in [-0.4, -0.2) is 65.8 Å². The second-order valence-corrected chi connectivity index (χ2v) is 6.25. The number of aliphatic carboxylic acids is 1. The number of likely N-dealkylation sites (tertiary alicyclic amines) is 1. The van der Waals surface area contributed by atoms with E-state index in [-0.39, 0.29) is 18.2 Å². The van der Waals surface area contributed by atoms with Crippen LogP contribution in [0, 0.1) is 5.41 Å². The molecular weight excluding hydrogens is 272 g/mol. The Balaban J connectivity index is 1.95. The summed E-state index contributed by atoms with van der Waals surface area (Å²) in [7, 11) is 1.82. The molecule has 2 aliphatic rings. The molecule has 2 unspecified atom stereocenters. The Morgan fingerprint density at radius 1 is 1.38 bits per heavy atom. The average molecular weight is 298 g/mol. The molecule has 2 rings (SSSR count). The van der Waals surface area contributed by atoms with Gasteiger partial charge in [-0.05, 0) is 32.6 Å². The van der Waals surface area contributed by atoms with Crippen molar-refractivity contribution in [2.75, 3.05) is 26.7 Å². The normalized spacial score (nSPS) is 28.4. The van der Waals surface area contributed by atoms with Crippen LogP contribution < -0.4 is 0 Å². The Labute approximate surface area is 126 Å². The Morgan fingerprint density at radius 3 is 2.43 bits per heavy atom. The molecule has 21 heavy (non-hydrogen) atoms. The van der Waals surface area contributed by atoms with Crippen LogP contribution in [0.3, 0.4) is 0 Å². The van der Waals surface area contributed by atoms with Gasteiger partial charge >= 0.3 is 12.0 Å². The van der Waals surface area contributed by atoms with Crippen molar-refractivity contribution in [3.8, 4) is 0 Å². The number of piperidine rings is 1. The zero-order valence-electron chi connectivity index (χ0n) is 13.2. The van der Waals surface area contributed by atoms with E-state index < -0.39 is 11.4 Å². The minimum atomic E-state index is -0.733. The van der Waals surface area contributed by atoms with Crippen molar-refractivity contribution in [2.24, 2.45) is 5.41 Å². The smallest absolute Gasteiger partial charge is 0.320 e. The van der Waals surface area contributed by atoms with E-state index in [2.05, 4.69) is 0 Å². The molecule has 0 bridgehead atoms. The Bertz CT molecular complexity index is 404. The van der Waals surface area contributed by atoms with Gasteiger partial charge in [-0.1, -0.05) is 6.92 Å². The summed E-state index contributed by atoms with van der Waals surface area (Å²) < 4.78 is 5.52. The Morgan fingerprint density at radius 2 is 2.00 bits per heavy atom. The summed E-state index contributed by atoms with van der Waals surface area (Å²) >= 11 is 0. The van der Waals surface area contributed by atoms with Crippen molar-refractivity contribution >= 4 is 12.0 Å². The molecule has 0 spiro atoms. The van der Waals surface area contributed by atoms with Crippen molar-refractivity contribution in [3.05, 3.63) is 0 Å². The lowest BCUT2D eigenvalue weighted by atomic mass is 9.76. The fourth-order valence-corrected chi connectivity index (χ4v) is 3.44. The number of carboxylic acids is 1. The van der Waals surface area contributed by atoms with E-state index in [0.717, 1.165) is 6.42 Å². The van der Waals surface area contributed by atoms with Gasteiger partial charge in [-0.3, -0.25) is 4.79 Å². The number of likely N-dealkylation sites (N-methyl/N-ethyl adjacent to an activating group) is 1. The van der Waals surface area contributed by atoms with Crippen molar-refractivity contribution in [1.29, 1.82) is 0 Å². The van der Waals surface area contributed by atoms with E-state index in [1.165, 1.54) is 0 Å². The van der Waals surface area contributed by atoms with Gasteiger partial charge in [0.1, 0.15) is 0 Å². The first-order chi connectivity index (χ1) is 9.91. The number of urea groups is 1. The third kappa shape index (κ3) is 3.00. The third-order valence-corrected chi connectivity index (χ3v) is 5.26. The number of ether oxygens (including phenoxy) is 1. The van der Waals surface area contributed by atoms with Gasteiger partial charge in [0, 0.05) is 26.7 Å². The maximum absolute atomic E-state index is 12.5. The largest absolute Gasteiger partial charge is 0.481 e. The lowest BCUT2D eigenvalue weighted by Crippen LogP contribution is -2.53. The molecule has 2 aliphatic heterocycles. The Hall–Kier alpha value is -1.30. The second kappa shape index (κ2) is 6.22. The van der Waals surface area contributed by atoms with E-state index in [9.17, 15) is 14.7 Å². The van der Waals surface area contributed by atoms with Gasteiger partial charge in [0.15, 0.2) is 0 Å². The zero-order valence-corrected chi connectivity index (χ0v) is 13.2. The predicted molar refractivity (Wildman–Crippen MR) is 78.1 cm³/mol. The van der Waals surface area contributed by atoms with Gasteiger partial charge in [-0.25, -0.2) is 4.79 Å². The fourth-order valence-electron chi connectivity index (χ4n) is 3.44. The summed E-state index contributed by atoms with van der Waals surface area (Å²) in [4.78, 5) is 27.5. The topological polar surface area (TPSA) is 70.1 Å². The molecule has 0 aromatic heterocycles. The van der Waals surface area contributed by atoms with Crippen LogP contribution in [0.15, 0.2) is 0 Å². The van der Waals surface area contributed by atoms with Gasteiger partial charge in [-0.2, -0.15) is 0 Å². The molecule has 2 amide bonds. The van der Waals surface area contributed by atoms with Crippen molar-refractivity contribution in [3.63, 3.8) is 0 Å². The third-order valence-electron chi connectivity index (χ3n) is 5.26. The summed E-state index contributed by atoms with van der Waals surface area (Å²) in [5, 5.41) is 9.40. The van der Waals surface area contributed by atoms with Gasteiger partial charge in [-0.15, -0.1) is 0 Å². The van der Waals surface area contributed by atoms with E-state index in [0.29, 0.717) is 39.0 Å². The number of nitrogens with zero attached hydrogens (tertiary/aromatic N) is 2. The van der Waals surface area contributed by atoms with Crippen LogP contribution >= 0.6 is 0 Å². The van der Waals surface area contributed by atoms with Crippen molar-refractivity contribution in [1.82, 2.24) is 9.80 Å². The molecule has 2 saturated heterocycles. The van der Waals surface area contributed by atoms with Crippen LogP contribution in [-0.2, 0) is 9.53 Å². The second-order valence-electron chi connectivity index (χ2n) is 6.25. The summed E-state index contributed by atoms with van der Waals surface area (Å²) in [6.07, 6.45) is 2.63.